The van der Waals surface area contributed by atoms with Crippen molar-refractivity contribution in [2.24, 2.45) is 5.92 Å². The fraction of sp³-hybridized carbons (Fsp3) is 0.381. The Balaban J connectivity index is 1.37. The molecule has 0 atom stereocenters. The van der Waals surface area contributed by atoms with Crippen LogP contribution in [0.1, 0.15) is 31.2 Å². The predicted octanol–water partition coefficient (Wildman–Crippen LogP) is 4.65. The third-order valence-electron chi connectivity index (χ3n) is 4.75. The van der Waals surface area contributed by atoms with Crippen molar-refractivity contribution in [1.82, 2.24) is 5.32 Å². The minimum Gasteiger partial charge on any atom is -0.385 e. The van der Waals surface area contributed by atoms with Crippen LogP contribution in [0.25, 0.3) is 0 Å². The van der Waals surface area contributed by atoms with Crippen LogP contribution in [0.3, 0.4) is 0 Å². The summed E-state index contributed by atoms with van der Waals surface area (Å²) in [6.07, 6.45) is 6.26. The number of anilines is 2. The first-order valence-corrected chi connectivity index (χ1v) is 9.22. The van der Waals surface area contributed by atoms with Gasteiger partial charge in [-0.3, -0.25) is 0 Å². The summed E-state index contributed by atoms with van der Waals surface area (Å²) >= 11 is 0. The molecule has 0 aliphatic heterocycles. The van der Waals surface area contributed by atoms with Crippen LogP contribution in [0, 0.1) is 5.92 Å². The van der Waals surface area contributed by atoms with Crippen LogP contribution in [0.4, 0.5) is 16.2 Å². The zero-order valence-electron chi connectivity index (χ0n) is 14.6. The van der Waals surface area contributed by atoms with Gasteiger partial charge in [0.25, 0.3) is 0 Å². The SMILES string of the molecule is O=C(NCCc1ccccc1)Nc1ccc(NCC2CCCC2)cc1. The molecule has 2 aromatic rings. The molecule has 0 spiro atoms. The number of nitrogens with one attached hydrogen (secondary N) is 3. The van der Waals surface area contributed by atoms with Gasteiger partial charge in [0.2, 0.25) is 0 Å². The van der Waals surface area contributed by atoms with Gasteiger partial charge in [0.15, 0.2) is 0 Å². The normalized spacial score (nSPS) is 14.2. The van der Waals surface area contributed by atoms with Crippen molar-refractivity contribution < 1.29 is 4.79 Å². The zero-order chi connectivity index (χ0) is 17.3. The maximum absolute atomic E-state index is 11.9. The summed E-state index contributed by atoms with van der Waals surface area (Å²) in [6, 6.07) is 17.9. The van der Waals surface area contributed by atoms with E-state index in [1.165, 1.54) is 31.2 Å². The van der Waals surface area contributed by atoms with Gasteiger partial charge in [0, 0.05) is 24.5 Å². The predicted molar refractivity (Wildman–Crippen MR) is 104 cm³/mol. The van der Waals surface area contributed by atoms with E-state index < -0.39 is 0 Å². The maximum atomic E-state index is 11.9. The zero-order valence-corrected chi connectivity index (χ0v) is 14.6. The molecule has 0 radical (unpaired) electrons. The summed E-state index contributed by atoms with van der Waals surface area (Å²) in [7, 11) is 0. The number of hydrogen-bond acceptors (Lipinski definition) is 2. The molecule has 132 valence electrons. The van der Waals surface area contributed by atoms with Crippen molar-refractivity contribution in [1.29, 1.82) is 0 Å². The minimum absolute atomic E-state index is 0.164. The van der Waals surface area contributed by atoms with E-state index in [1.54, 1.807) is 0 Å². The number of benzene rings is 2. The Morgan fingerprint density at radius 2 is 1.60 bits per heavy atom. The number of carbonyl (C=O) groups excluding carboxylic acids is 1. The Kier molecular flexibility index (Phi) is 6.32. The summed E-state index contributed by atoms with van der Waals surface area (Å²) in [5.74, 6) is 0.813. The van der Waals surface area contributed by atoms with Crippen molar-refractivity contribution >= 4 is 17.4 Å². The lowest BCUT2D eigenvalue weighted by Gasteiger charge is -2.12. The van der Waals surface area contributed by atoms with Crippen LogP contribution < -0.4 is 16.0 Å². The maximum Gasteiger partial charge on any atom is 0.319 e. The second kappa shape index (κ2) is 9.11. The number of carbonyl (C=O) groups is 1. The highest BCUT2D eigenvalue weighted by molar-refractivity contribution is 5.89. The lowest BCUT2D eigenvalue weighted by atomic mass is 10.1. The van der Waals surface area contributed by atoms with E-state index in [-0.39, 0.29) is 6.03 Å². The molecule has 2 aromatic carbocycles. The second-order valence-corrected chi connectivity index (χ2v) is 6.73. The van der Waals surface area contributed by atoms with Gasteiger partial charge in [-0.25, -0.2) is 4.79 Å². The van der Waals surface area contributed by atoms with Crippen LogP contribution in [0.15, 0.2) is 54.6 Å². The van der Waals surface area contributed by atoms with E-state index in [1.807, 2.05) is 42.5 Å². The molecule has 0 heterocycles. The lowest BCUT2D eigenvalue weighted by Crippen LogP contribution is -2.30. The first-order valence-electron chi connectivity index (χ1n) is 9.22. The van der Waals surface area contributed by atoms with Gasteiger partial charge >= 0.3 is 6.03 Å². The third kappa shape index (κ3) is 5.82. The molecule has 0 aromatic heterocycles. The lowest BCUT2D eigenvalue weighted by molar-refractivity contribution is 0.252. The van der Waals surface area contributed by atoms with Crippen molar-refractivity contribution in [3.8, 4) is 0 Å². The van der Waals surface area contributed by atoms with Crippen LogP contribution in [0.5, 0.6) is 0 Å². The van der Waals surface area contributed by atoms with Gasteiger partial charge in [0.05, 0.1) is 0 Å². The fourth-order valence-electron chi connectivity index (χ4n) is 3.29. The first-order chi connectivity index (χ1) is 12.3. The monoisotopic (exact) mass is 337 g/mol. The van der Waals surface area contributed by atoms with Gasteiger partial charge in [-0.2, -0.15) is 0 Å². The molecule has 2 amide bonds. The van der Waals surface area contributed by atoms with Crippen LogP contribution in [0.2, 0.25) is 0 Å². The highest BCUT2D eigenvalue weighted by Crippen LogP contribution is 2.25. The van der Waals surface area contributed by atoms with Crippen LogP contribution in [-0.2, 0) is 6.42 Å². The summed E-state index contributed by atoms with van der Waals surface area (Å²) in [6.45, 7) is 1.67. The highest BCUT2D eigenvalue weighted by atomic mass is 16.2. The molecule has 0 unspecified atom stereocenters. The smallest absolute Gasteiger partial charge is 0.319 e. The molecular weight excluding hydrogens is 310 g/mol. The van der Waals surface area contributed by atoms with E-state index >= 15 is 0 Å². The van der Waals surface area contributed by atoms with Crippen LogP contribution in [-0.4, -0.2) is 19.1 Å². The van der Waals surface area contributed by atoms with Gasteiger partial charge in [-0.05, 0) is 55.0 Å². The Hall–Kier alpha value is -2.49. The van der Waals surface area contributed by atoms with E-state index in [4.69, 9.17) is 0 Å². The molecule has 1 saturated carbocycles. The highest BCUT2D eigenvalue weighted by Gasteiger charge is 2.14. The van der Waals surface area contributed by atoms with Gasteiger partial charge < -0.3 is 16.0 Å². The molecule has 0 saturated heterocycles. The molecule has 1 aliphatic rings. The molecule has 25 heavy (non-hydrogen) atoms. The molecule has 4 heteroatoms. The van der Waals surface area contributed by atoms with Gasteiger partial charge in [0.1, 0.15) is 0 Å². The molecule has 1 fully saturated rings. The van der Waals surface area contributed by atoms with Gasteiger partial charge in [-0.1, -0.05) is 43.2 Å². The Bertz CT molecular complexity index is 649. The molecule has 3 N–H and O–H groups in total. The van der Waals surface area contributed by atoms with Crippen molar-refractivity contribution in [2.75, 3.05) is 23.7 Å². The summed E-state index contributed by atoms with van der Waals surface area (Å²) in [5, 5.41) is 9.26. The van der Waals surface area contributed by atoms with E-state index in [2.05, 4.69) is 28.1 Å². The van der Waals surface area contributed by atoms with Crippen molar-refractivity contribution in [3.63, 3.8) is 0 Å². The number of rotatable bonds is 7. The van der Waals surface area contributed by atoms with E-state index in [9.17, 15) is 4.79 Å². The first kappa shape index (κ1) is 17.3. The number of hydrogen-bond donors (Lipinski definition) is 3. The summed E-state index contributed by atoms with van der Waals surface area (Å²) in [4.78, 5) is 11.9. The minimum atomic E-state index is -0.164. The summed E-state index contributed by atoms with van der Waals surface area (Å²) < 4.78 is 0. The quantitative estimate of drug-likeness (QED) is 0.688. The second-order valence-electron chi connectivity index (χ2n) is 6.73. The fourth-order valence-corrected chi connectivity index (χ4v) is 3.29. The van der Waals surface area contributed by atoms with Gasteiger partial charge in [-0.15, -0.1) is 0 Å². The Morgan fingerprint density at radius 3 is 2.32 bits per heavy atom. The topological polar surface area (TPSA) is 53.2 Å². The average Bonchev–Trinajstić information content (AvgIpc) is 3.16. The average molecular weight is 337 g/mol. The Morgan fingerprint density at radius 1 is 0.920 bits per heavy atom. The van der Waals surface area contributed by atoms with Crippen LogP contribution >= 0.6 is 0 Å². The largest absolute Gasteiger partial charge is 0.385 e. The third-order valence-corrected chi connectivity index (χ3v) is 4.75. The van der Waals surface area contributed by atoms with Crippen molar-refractivity contribution in [2.45, 2.75) is 32.1 Å². The molecule has 1 aliphatic carbocycles. The van der Waals surface area contributed by atoms with E-state index in [0.717, 1.165) is 30.3 Å². The van der Waals surface area contributed by atoms with Crippen molar-refractivity contribution in [3.05, 3.63) is 60.2 Å². The number of urea groups is 1. The molecular formula is C21H27N3O. The summed E-state index contributed by atoms with van der Waals surface area (Å²) in [5.41, 5.74) is 3.14. The number of amides is 2. The molecule has 4 nitrogen and oxygen atoms in total. The van der Waals surface area contributed by atoms with E-state index in [0.29, 0.717) is 6.54 Å². The molecule has 0 bridgehead atoms. The standard InChI is InChI=1S/C21H27N3O/c25-21(22-15-14-17-6-2-1-3-7-17)24-20-12-10-19(11-13-20)23-16-18-8-4-5-9-18/h1-3,6-7,10-13,18,23H,4-5,8-9,14-16H2,(H2,22,24,25). The molecule has 3 rings (SSSR count). The Labute approximate surface area is 150 Å².